The van der Waals surface area contributed by atoms with Gasteiger partial charge in [-0.15, -0.1) is 0 Å². The summed E-state index contributed by atoms with van der Waals surface area (Å²) in [5.74, 6) is -0.0189. The summed E-state index contributed by atoms with van der Waals surface area (Å²) in [5, 5.41) is 5.70. The SMILES string of the molecule is Cc1ccc(S(=O)(=O)N2C=CNC(=O)[C@H]2CC(=O)N[C@H]2CC[C@@H](N3CCC(C)CC3)CC2(C)C)cc1. The van der Waals surface area contributed by atoms with E-state index in [2.05, 4.69) is 36.3 Å². The topological polar surface area (TPSA) is 98.8 Å². The molecule has 2 amide bonds. The minimum atomic E-state index is -3.99. The predicted molar refractivity (Wildman–Crippen MR) is 139 cm³/mol. The zero-order valence-corrected chi connectivity index (χ0v) is 22.7. The van der Waals surface area contributed by atoms with Gasteiger partial charge >= 0.3 is 0 Å². The van der Waals surface area contributed by atoms with Gasteiger partial charge in [-0.3, -0.25) is 13.9 Å². The maximum absolute atomic E-state index is 13.3. The molecule has 9 heteroatoms. The lowest BCUT2D eigenvalue weighted by Gasteiger charge is -2.47. The van der Waals surface area contributed by atoms with Crippen molar-refractivity contribution in [3.05, 3.63) is 42.2 Å². The van der Waals surface area contributed by atoms with Crippen molar-refractivity contribution in [2.75, 3.05) is 13.1 Å². The van der Waals surface area contributed by atoms with Crippen molar-refractivity contribution in [3.8, 4) is 0 Å². The van der Waals surface area contributed by atoms with Crippen LogP contribution in [-0.4, -0.2) is 60.7 Å². The molecule has 1 aromatic carbocycles. The Morgan fingerprint density at radius 3 is 2.42 bits per heavy atom. The molecule has 1 aliphatic carbocycles. The molecule has 0 aromatic heterocycles. The van der Waals surface area contributed by atoms with Gasteiger partial charge in [0.25, 0.3) is 10.0 Å². The first-order chi connectivity index (χ1) is 17.0. The number of nitrogens with one attached hydrogen (secondary N) is 2. The number of amides is 2. The fourth-order valence-corrected chi connectivity index (χ4v) is 7.22. The molecule has 1 saturated heterocycles. The van der Waals surface area contributed by atoms with Crippen LogP contribution in [0.15, 0.2) is 41.6 Å². The number of hydrogen-bond donors (Lipinski definition) is 2. The Kier molecular flexibility index (Phi) is 7.80. The van der Waals surface area contributed by atoms with Crippen LogP contribution >= 0.6 is 0 Å². The van der Waals surface area contributed by atoms with Crippen LogP contribution in [0.3, 0.4) is 0 Å². The normalized spacial score (nSPS) is 27.5. The quantitative estimate of drug-likeness (QED) is 0.605. The van der Waals surface area contributed by atoms with E-state index in [4.69, 9.17) is 0 Å². The van der Waals surface area contributed by atoms with Gasteiger partial charge in [-0.2, -0.15) is 0 Å². The lowest BCUT2D eigenvalue weighted by Crippen LogP contribution is -2.55. The third kappa shape index (κ3) is 5.78. The summed E-state index contributed by atoms with van der Waals surface area (Å²) in [4.78, 5) is 28.5. The third-order valence-electron chi connectivity index (χ3n) is 8.20. The van der Waals surface area contributed by atoms with E-state index in [1.165, 1.54) is 37.4 Å². The number of rotatable bonds is 6. The molecule has 4 rings (SSSR count). The molecule has 2 heterocycles. The van der Waals surface area contributed by atoms with E-state index in [0.29, 0.717) is 6.04 Å². The Labute approximate surface area is 215 Å². The van der Waals surface area contributed by atoms with Crippen molar-refractivity contribution in [2.24, 2.45) is 11.3 Å². The van der Waals surface area contributed by atoms with Gasteiger partial charge in [0, 0.05) is 24.5 Å². The van der Waals surface area contributed by atoms with Crippen molar-refractivity contribution >= 4 is 21.8 Å². The smallest absolute Gasteiger partial charge is 0.264 e. The lowest BCUT2D eigenvalue weighted by atomic mass is 9.70. The molecule has 0 spiro atoms. The van der Waals surface area contributed by atoms with Gasteiger partial charge in [-0.05, 0) is 75.6 Å². The van der Waals surface area contributed by atoms with Crippen LogP contribution < -0.4 is 10.6 Å². The van der Waals surface area contributed by atoms with E-state index in [0.717, 1.165) is 48.1 Å². The molecule has 1 aromatic rings. The van der Waals surface area contributed by atoms with Gasteiger partial charge in [0.05, 0.1) is 11.3 Å². The van der Waals surface area contributed by atoms with E-state index in [1.54, 1.807) is 12.1 Å². The van der Waals surface area contributed by atoms with Crippen LogP contribution in [0.4, 0.5) is 0 Å². The van der Waals surface area contributed by atoms with Gasteiger partial charge in [-0.1, -0.05) is 38.5 Å². The van der Waals surface area contributed by atoms with Gasteiger partial charge < -0.3 is 15.5 Å². The lowest BCUT2D eigenvalue weighted by molar-refractivity contribution is -0.130. The molecule has 1 saturated carbocycles. The van der Waals surface area contributed by atoms with Crippen LogP contribution in [0.1, 0.15) is 64.9 Å². The number of benzene rings is 1. The second kappa shape index (κ2) is 10.5. The number of sulfonamides is 1. The molecule has 8 nitrogen and oxygen atoms in total. The molecule has 2 fully saturated rings. The van der Waals surface area contributed by atoms with E-state index in [-0.39, 0.29) is 28.7 Å². The second-order valence-corrected chi connectivity index (χ2v) is 13.3. The van der Waals surface area contributed by atoms with Crippen molar-refractivity contribution in [2.45, 2.75) is 89.2 Å². The third-order valence-corrected chi connectivity index (χ3v) is 9.99. The molecule has 2 N–H and O–H groups in total. The summed E-state index contributed by atoms with van der Waals surface area (Å²) in [7, 11) is -3.99. The van der Waals surface area contributed by atoms with Gasteiger partial charge in [-0.25, -0.2) is 8.42 Å². The largest absolute Gasteiger partial charge is 0.353 e. The van der Waals surface area contributed by atoms with Gasteiger partial charge in [0.2, 0.25) is 11.8 Å². The molecule has 3 aliphatic rings. The van der Waals surface area contributed by atoms with Crippen LogP contribution in [0, 0.1) is 18.3 Å². The molecular formula is C27H40N4O4S. The Hall–Kier alpha value is -2.39. The highest BCUT2D eigenvalue weighted by Crippen LogP contribution is 2.39. The highest BCUT2D eigenvalue weighted by molar-refractivity contribution is 7.89. The Morgan fingerprint density at radius 2 is 1.78 bits per heavy atom. The van der Waals surface area contributed by atoms with Crippen LogP contribution in [0.25, 0.3) is 0 Å². The molecule has 36 heavy (non-hydrogen) atoms. The Morgan fingerprint density at radius 1 is 1.11 bits per heavy atom. The van der Waals surface area contributed by atoms with Gasteiger partial charge in [0.15, 0.2) is 0 Å². The van der Waals surface area contributed by atoms with Crippen LogP contribution in [0.2, 0.25) is 0 Å². The fourth-order valence-electron chi connectivity index (χ4n) is 5.77. The summed E-state index contributed by atoms with van der Waals surface area (Å²) in [6.07, 6.45) is 7.79. The predicted octanol–water partition coefficient (Wildman–Crippen LogP) is 3.14. The first kappa shape index (κ1) is 26.7. The number of carbonyl (C=O) groups is 2. The van der Waals surface area contributed by atoms with Crippen LogP contribution in [0.5, 0.6) is 0 Å². The van der Waals surface area contributed by atoms with E-state index in [9.17, 15) is 18.0 Å². The molecule has 2 aliphatic heterocycles. The zero-order chi connectivity index (χ0) is 26.1. The molecular weight excluding hydrogens is 476 g/mol. The second-order valence-electron chi connectivity index (χ2n) is 11.5. The minimum Gasteiger partial charge on any atom is -0.353 e. The molecule has 198 valence electrons. The van der Waals surface area contributed by atoms with E-state index in [1.807, 2.05) is 6.92 Å². The van der Waals surface area contributed by atoms with E-state index >= 15 is 0 Å². The molecule has 0 radical (unpaired) electrons. The Bertz CT molecular complexity index is 1090. The maximum Gasteiger partial charge on any atom is 0.264 e. The summed E-state index contributed by atoms with van der Waals surface area (Å²) >= 11 is 0. The summed E-state index contributed by atoms with van der Waals surface area (Å²) < 4.78 is 27.6. The number of likely N-dealkylation sites (tertiary alicyclic amines) is 1. The van der Waals surface area contributed by atoms with Gasteiger partial charge in [0.1, 0.15) is 6.04 Å². The Balaban J connectivity index is 1.41. The first-order valence-electron chi connectivity index (χ1n) is 13.1. The monoisotopic (exact) mass is 516 g/mol. The molecule has 0 unspecified atom stereocenters. The average molecular weight is 517 g/mol. The summed E-state index contributed by atoms with van der Waals surface area (Å²) in [6, 6.07) is 5.84. The maximum atomic E-state index is 13.3. The van der Waals surface area contributed by atoms with Crippen molar-refractivity contribution < 1.29 is 18.0 Å². The minimum absolute atomic E-state index is 0.0192. The summed E-state index contributed by atoms with van der Waals surface area (Å²) in [6.45, 7) is 10.9. The molecule has 0 bridgehead atoms. The zero-order valence-electron chi connectivity index (χ0n) is 21.9. The number of carbonyl (C=O) groups excluding carboxylic acids is 2. The molecule has 3 atom stereocenters. The van der Waals surface area contributed by atoms with Crippen LogP contribution in [-0.2, 0) is 19.6 Å². The number of nitrogens with zero attached hydrogens (tertiary/aromatic N) is 2. The first-order valence-corrected chi connectivity index (χ1v) is 14.5. The van der Waals surface area contributed by atoms with Crippen molar-refractivity contribution in [3.63, 3.8) is 0 Å². The standard InChI is InChI=1S/C27H40N4O4S/c1-19-5-8-22(9-6-19)36(34,35)31-16-13-28-26(33)23(31)17-25(32)29-24-10-7-21(18-27(24,3)4)30-14-11-20(2)12-15-30/h5-6,8-9,13,16,20-21,23-24H,7,10-12,14-15,17-18H2,1-4H3,(H,28,33)(H,29,32)/t21-,23-,24+/m1/s1. The van der Waals surface area contributed by atoms with E-state index < -0.39 is 22.0 Å². The van der Waals surface area contributed by atoms with Crippen molar-refractivity contribution in [1.29, 1.82) is 0 Å². The number of hydrogen-bond acceptors (Lipinski definition) is 5. The number of aryl methyl sites for hydroxylation is 1. The fraction of sp³-hybridized carbons (Fsp3) is 0.630. The van der Waals surface area contributed by atoms with Crippen molar-refractivity contribution in [1.82, 2.24) is 19.8 Å². The highest BCUT2D eigenvalue weighted by Gasteiger charge is 2.42. The summed E-state index contributed by atoms with van der Waals surface area (Å²) in [5.41, 5.74) is 0.841. The highest BCUT2D eigenvalue weighted by atomic mass is 32.2. The number of piperidine rings is 1. The average Bonchev–Trinajstić information content (AvgIpc) is 2.82.